The first-order valence-electron chi connectivity index (χ1n) is 4.06. The van der Waals surface area contributed by atoms with Crippen molar-refractivity contribution >= 4 is 86.4 Å². The van der Waals surface area contributed by atoms with Gasteiger partial charge in [-0.15, -0.1) is 22.7 Å². The number of thiophene rings is 2. The van der Waals surface area contributed by atoms with E-state index < -0.39 is 6.10 Å². The molecule has 1 N–H and O–H groups in total. The summed E-state index contributed by atoms with van der Waals surface area (Å²) in [6.45, 7) is 0. The van der Waals surface area contributed by atoms with E-state index in [9.17, 15) is 5.11 Å². The van der Waals surface area contributed by atoms with Crippen LogP contribution in [0.15, 0.2) is 27.3 Å². The molecule has 0 aliphatic rings. The lowest BCUT2D eigenvalue weighted by Crippen LogP contribution is -1.97. The zero-order valence-corrected chi connectivity index (χ0v) is 15.5. The van der Waals surface area contributed by atoms with Crippen LogP contribution in [0.2, 0.25) is 0 Å². The Balaban J connectivity index is 2.42. The standard InChI is InChI=1S/C9H4Br4OS2/c10-5-1-3(8(12)15-5)7(14)4-2-6(11)16-9(4)13/h1-2,7,14H. The minimum Gasteiger partial charge on any atom is -0.384 e. The lowest BCUT2D eigenvalue weighted by molar-refractivity contribution is 0.220. The van der Waals surface area contributed by atoms with Crippen molar-refractivity contribution in [3.63, 3.8) is 0 Å². The van der Waals surface area contributed by atoms with E-state index in [0.29, 0.717) is 0 Å². The molecule has 0 atom stereocenters. The van der Waals surface area contributed by atoms with Gasteiger partial charge in [0.05, 0.1) is 15.1 Å². The Bertz CT molecular complexity index is 473. The minimum absolute atomic E-state index is 0.617. The number of aliphatic hydroxyl groups is 1. The molecule has 0 bridgehead atoms. The summed E-state index contributed by atoms with van der Waals surface area (Å²) in [6, 6.07) is 3.86. The van der Waals surface area contributed by atoms with Crippen molar-refractivity contribution in [3.8, 4) is 0 Å². The summed E-state index contributed by atoms with van der Waals surface area (Å²) in [5, 5.41) is 10.3. The highest BCUT2D eigenvalue weighted by Crippen LogP contribution is 2.42. The first-order chi connectivity index (χ1) is 7.49. The van der Waals surface area contributed by atoms with Crippen LogP contribution >= 0.6 is 86.4 Å². The Labute approximate surface area is 134 Å². The molecule has 1 nitrogen and oxygen atoms in total. The van der Waals surface area contributed by atoms with Gasteiger partial charge in [0, 0.05) is 11.1 Å². The van der Waals surface area contributed by atoms with Crippen molar-refractivity contribution in [1.29, 1.82) is 0 Å². The van der Waals surface area contributed by atoms with Gasteiger partial charge in [0.2, 0.25) is 0 Å². The molecule has 0 spiro atoms. The Morgan fingerprint density at radius 1 is 0.875 bits per heavy atom. The maximum atomic E-state index is 10.3. The second-order valence-corrected chi connectivity index (χ2v) is 10.5. The molecule has 0 unspecified atom stereocenters. The molecule has 2 rings (SSSR count). The number of hydrogen-bond acceptors (Lipinski definition) is 3. The molecule has 16 heavy (non-hydrogen) atoms. The van der Waals surface area contributed by atoms with E-state index in [-0.39, 0.29) is 0 Å². The summed E-state index contributed by atoms with van der Waals surface area (Å²) in [6.07, 6.45) is -0.617. The third-order valence-corrected chi connectivity index (χ3v) is 6.73. The summed E-state index contributed by atoms with van der Waals surface area (Å²) in [5.41, 5.74) is 1.76. The fourth-order valence-corrected chi connectivity index (χ4v) is 7.01. The quantitative estimate of drug-likeness (QED) is 0.529. The fraction of sp³-hybridized carbons (Fsp3) is 0.111. The molecule has 0 aliphatic carbocycles. The highest BCUT2D eigenvalue weighted by atomic mass is 79.9. The molecule has 86 valence electrons. The molecule has 2 aromatic heterocycles. The van der Waals surface area contributed by atoms with Crippen molar-refractivity contribution in [3.05, 3.63) is 38.4 Å². The molecule has 7 heteroatoms. The van der Waals surface area contributed by atoms with E-state index in [1.54, 1.807) is 22.7 Å². The number of hydrogen-bond donors (Lipinski definition) is 1. The van der Waals surface area contributed by atoms with Gasteiger partial charge in [-0.25, -0.2) is 0 Å². The molecule has 0 saturated heterocycles. The van der Waals surface area contributed by atoms with Gasteiger partial charge in [0.25, 0.3) is 0 Å². The van der Waals surface area contributed by atoms with Gasteiger partial charge < -0.3 is 5.11 Å². The summed E-state index contributed by atoms with van der Waals surface area (Å²) in [7, 11) is 0. The summed E-state index contributed by atoms with van der Waals surface area (Å²) >= 11 is 16.8. The lowest BCUT2D eigenvalue weighted by atomic mass is 10.1. The Kier molecular flexibility index (Phi) is 4.71. The zero-order valence-electron chi connectivity index (χ0n) is 7.51. The Hall–Kier alpha value is 1.28. The van der Waals surface area contributed by atoms with Gasteiger partial charge >= 0.3 is 0 Å². The van der Waals surface area contributed by atoms with Crippen molar-refractivity contribution in [2.24, 2.45) is 0 Å². The molecule has 0 radical (unpaired) electrons. The second-order valence-electron chi connectivity index (χ2n) is 2.96. The van der Waals surface area contributed by atoms with Crippen molar-refractivity contribution in [2.45, 2.75) is 6.10 Å². The van der Waals surface area contributed by atoms with Crippen LogP contribution in [0.25, 0.3) is 0 Å². The molecule has 0 amide bonds. The van der Waals surface area contributed by atoms with Gasteiger partial charge in [-0.2, -0.15) is 0 Å². The van der Waals surface area contributed by atoms with Crippen LogP contribution in [0.5, 0.6) is 0 Å². The second kappa shape index (κ2) is 5.50. The van der Waals surface area contributed by atoms with Gasteiger partial charge in [0.1, 0.15) is 6.10 Å². The lowest BCUT2D eigenvalue weighted by Gasteiger charge is -2.08. The van der Waals surface area contributed by atoms with Crippen LogP contribution in [0.1, 0.15) is 17.2 Å². The molecule has 0 aromatic carbocycles. The predicted octanol–water partition coefficient (Wildman–Crippen LogP) is 5.94. The Morgan fingerprint density at radius 3 is 1.50 bits per heavy atom. The first-order valence-corrected chi connectivity index (χ1v) is 8.87. The van der Waals surface area contributed by atoms with Crippen LogP contribution in [-0.2, 0) is 0 Å². The number of rotatable bonds is 2. The van der Waals surface area contributed by atoms with Crippen LogP contribution in [0.3, 0.4) is 0 Å². The highest BCUT2D eigenvalue weighted by molar-refractivity contribution is 9.12. The van der Waals surface area contributed by atoms with Gasteiger partial charge in [-0.1, -0.05) is 0 Å². The molecular weight excluding hydrogens is 508 g/mol. The van der Waals surface area contributed by atoms with E-state index in [0.717, 1.165) is 26.3 Å². The van der Waals surface area contributed by atoms with Gasteiger partial charge in [0.15, 0.2) is 0 Å². The van der Waals surface area contributed by atoms with Gasteiger partial charge in [-0.05, 0) is 75.9 Å². The van der Waals surface area contributed by atoms with E-state index in [4.69, 9.17) is 0 Å². The van der Waals surface area contributed by atoms with Crippen molar-refractivity contribution < 1.29 is 5.11 Å². The monoisotopic (exact) mass is 508 g/mol. The van der Waals surface area contributed by atoms with Crippen molar-refractivity contribution in [1.82, 2.24) is 0 Å². The largest absolute Gasteiger partial charge is 0.384 e. The maximum absolute atomic E-state index is 10.3. The molecular formula is C9H4Br4OS2. The van der Waals surface area contributed by atoms with Gasteiger partial charge in [-0.3, -0.25) is 0 Å². The third-order valence-electron chi connectivity index (χ3n) is 1.96. The predicted molar refractivity (Wildman–Crippen MR) is 83.5 cm³/mol. The molecule has 0 saturated carbocycles. The van der Waals surface area contributed by atoms with E-state index in [2.05, 4.69) is 63.7 Å². The molecule has 0 fully saturated rings. The molecule has 0 aliphatic heterocycles. The highest BCUT2D eigenvalue weighted by Gasteiger charge is 2.20. The topological polar surface area (TPSA) is 20.2 Å². The summed E-state index contributed by atoms with van der Waals surface area (Å²) in [4.78, 5) is 0. The van der Waals surface area contributed by atoms with Crippen LogP contribution in [0.4, 0.5) is 0 Å². The minimum atomic E-state index is -0.617. The smallest absolute Gasteiger partial charge is 0.108 e. The summed E-state index contributed by atoms with van der Waals surface area (Å²) < 4.78 is 3.89. The fourth-order valence-electron chi connectivity index (χ4n) is 1.25. The molecule has 2 heterocycles. The first kappa shape index (κ1) is 13.7. The third kappa shape index (κ3) is 2.81. The number of halogens is 4. The zero-order chi connectivity index (χ0) is 11.9. The maximum Gasteiger partial charge on any atom is 0.108 e. The Morgan fingerprint density at radius 2 is 1.25 bits per heavy atom. The summed E-state index contributed by atoms with van der Waals surface area (Å²) in [5.74, 6) is 0. The SMILES string of the molecule is OC(c1cc(Br)sc1Br)c1cc(Br)sc1Br. The van der Waals surface area contributed by atoms with Crippen LogP contribution < -0.4 is 0 Å². The van der Waals surface area contributed by atoms with Crippen LogP contribution in [-0.4, -0.2) is 5.11 Å². The molecule has 2 aromatic rings. The van der Waals surface area contributed by atoms with E-state index in [1.807, 2.05) is 12.1 Å². The van der Waals surface area contributed by atoms with Crippen molar-refractivity contribution in [2.75, 3.05) is 0 Å². The van der Waals surface area contributed by atoms with E-state index in [1.165, 1.54) is 0 Å². The number of aliphatic hydroxyl groups excluding tert-OH is 1. The average Bonchev–Trinajstić information content (AvgIpc) is 2.68. The average molecular weight is 512 g/mol. The normalized spacial score (nSPS) is 11.4. The van der Waals surface area contributed by atoms with E-state index >= 15 is 0 Å². The van der Waals surface area contributed by atoms with Crippen LogP contribution in [0, 0.1) is 0 Å².